The number of halogens is 3. The first kappa shape index (κ1) is 12.1. The fourth-order valence-electron chi connectivity index (χ4n) is 1.37. The van der Waals surface area contributed by atoms with Crippen LogP contribution in [-0.4, -0.2) is 14.7 Å². The molecular formula is C10H6F3N3O2. The molecule has 1 heterocycles. The number of rotatable bonds is 2. The maximum Gasteiger partial charge on any atom is 0.416 e. The number of benzene rings is 1. The third kappa shape index (κ3) is 2.31. The minimum atomic E-state index is -4.46. The fourth-order valence-corrected chi connectivity index (χ4v) is 1.37. The molecule has 8 heteroatoms. The second kappa shape index (κ2) is 4.13. The highest BCUT2D eigenvalue weighted by Gasteiger charge is 2.30. The van der Waals surface area contributed by atoms with Crippen molar-refractivity contribution in [3.63, 3.8) is 0 Å². The van der Waals surface area contributed by atoms with Gasteiger partial charge in [-0.05, 0) is 18.2 Å². The third-order valence-corrected chi connectivity index (χ3v) is 2.22. The Morgan fingerprint density at radius 2 is 2.06 bits per heavy atom. The molecule has 0 saturated carbocycles. The summed E-state index contributed by atoms with van der Waals surface area (Å²) in [5, 5.41) is 14.1. The van der Waals surface area contributed by atoms with E-state index in [1.165, 1.54) is 12.1 Å². The van der Waals surface area contributed by atoms with E-state index in [1.54, 1.807) is 0 Å². The molecule has 0 atom stereocenters. The topological polar surface area (TPSA) is 61.0 Å². The lowest BCUT2D eigenvalue weighted by atomic mass is 10.2. The van der Waals surface area contributed by atoms with Crippen LogP contribution in [0.2, 0.25) is 0 Å². The lowest BCUT2D eigenvalue weighted by Gasteiger charge is -2.08. The molecule has 2 aromatic rings. The number of aromatic nitrogens is 2. The van der Waals surface area contributed by atoms with Crippen molar-refractivity contribution in [3.8, 4) is 5.69 Å². The van der Waals surface area contributed by atoms with E-state index >= 15 is 0 Å². The first-order valence-electron chi connectivity index (χ1n) is 4.74. The predicted molar refractivity (Wildman–Crippen MR) is 55.2 cm³/mol. The second-order valence-corrected chi connectivity index (χ2v) is 3.45. The minimum Gasteiger partial charge on any atom is -0.258 e. The smallest absolute Gasteiger partial charge is 0.258 e. The molecule has 0 unspecified atom stereocenters. The summed E-state index contributed by atoms with van der Waals surface area (Å²) in [5.41, 5.74) is -1.01. The van der Waals surface area contributed by atoms with E-state index in [0.717, 1.165) is 29.2 Å². The van der Waals surface area contributed by atoms with E-state index in [0.29, 0.717) is 0 Å². The molecule has 0 amide bonds. The Bertz CT molecular complexity index is 592. The SMILES string of the molecule is O=[N+]([O-])c1cnn(-c2cccc(C(F)(F)F)c2)c1. The van der Waals surface area contributed by atoms with Gasteiger partial charge < -0.3 is 0 Å². The van der Waals surface area contributed by atoms with Crippen molar-refractivity contribution in [2.45, 2.75) is 6.18 Å². The Morgan fingerprint density at radius 1 is 1.33 bits per heavy atom. The van der Waals surface area contributed by atoms with Crippen LogP contribution in [0, 0.1) is 10.1 Å². The average molecular weight is 257 g/mol. The van der Waals surface area contributed by atoms with Gasteiger partial charge in [-0.15, -0.1) is 0 Å². The first-order valence-corrected chi connectivity index (χ1v) is 4.74. The third-order valence-electron chi connectivity index (χ3n) is 2.22. The van der Waals surface area contributed by atoms with Gasteiger partial charge in [0.2, 0.25) is 0 Å². The van der Waals surface area contributed by atoms with Gasteiger partial charge in [-0.2, -0.15) is 18.3 Å². The molecule has 0 saturated heterocycles. The Morgan fingerprint density at radius 3 is 2.61 bits per heavy atom. The van der Waals surface area contributed by atoms with Gasteiger partial charge in [0.25, 0.3) is 0 Å². The van der Waals surface area contributed by atoms with Crippen LogP contribution in [0.3, 0.4) is 0 Å². The van der Waals surface area contributed by atoms with Crippen molar-refractivity contribution >= 4 is 5.69 Å². The number of nitro groups is 1. The zero-order valence-corrected chi connectivity index (χ0v) is 8.76. The molecule has 18 heavy (non-hydrogen) atoms. The summed E-state index contributed by atoms with van der Waals surface area (Å²) in [6.07, 6.45) is -2.44. The van der Waals surface area contributed by atoms with Crippen LogP contribution in [0.1, 0.15) is 5.56 Å². The molecular weight excluding hydrogens is 251 g/mol. The van der Waals surface area contributed by atoms with Crippen LogP contribution >= 0.6 is 0 Å². The molecule has 0 fully saturated rings. The predicted octanol–water partition coefficient (Wildman–Crippen LogP) is 2.80. The van der Waals surface area contributed by atoms with Gasteiger partial charge >= 0.3 is 11.9 Å². The number of hydrogen-bond donors (Lipinski definition) is 0. The molecule has 0 N–H and O–H groups in total. The van der Waals surface area contributed by atoms with Crippen LogP contribution in [-0.2, 0) is 6.18 Å². The lowest BCUT2D eigenvalue weighted by Crippen LogP contribution is -2.06. The Kier molecular flexibility index (Phi) is 2.77. The normalized spacial score (nSPS) is 11.5. The molecule has 5 nitrogen and oxygen atoms in total. The molecule has 0 spiro atoms. The first-order chi connectivity index (χ1) is 8.38. The highest BCUT2D eigenvalue weighted by molar-refractivity contribution is 5.38. The number of nitrogens with zero attached hydrogens (tertiary/aromatic N) is 3. The number of hydrogen-bond acceptors (Lipinski definition) is 3. The van der Waals surface area contributed by atoms with Crippen LogP contribution in [0.5, 0.6) is 0 Å². The van der Waals surface area contributed by atoms with Gasteiger partial charge in [-0.25, -0.2) is 4.68 Å². The average Bonchev–Trinajstić information content (AvgIpc) is 2.77. The van der Waals surface area contributed by atoms with E-state index in [1.807, 2.05) is 0 Å². The zero-order chi connectivity index (χ0) is 13.3. The van der Waals surface area contributed by atoms with Gasteiger partial charge in [-0.1, -0.05) is 6.07 Å². The summed E-state index contributed by atoms with van der Waals surface area (Å²) in [5.74, 6) is 0. The zero-order valence-electron chi connectivity index (χ0n) is 8.76. The van der Waals surface area contributed by atoms with Crippen molar-refractivity contribution in [1.82, 2.24) is 9.78 Å². The van der Waals surface area contributed by atoms with Crippen molar-refractivity contribution in [2.75, 3.05) is 0 Å². The number of alkyl halides is 3. The van der Waals surface area contributed by atoms with Gasteiger partial charge in [-0.3, -0.25) is 10.1 Å². The minimum absolute atomic E-state index is 0.109. The molecule has 0 bridgehead atoms. The van der Waals surface area contributed by atoms with E-state index in [-0.39, 0.29) is 11.4 Å². The molecule has 1 aromatic carbocycles. The van der Waals surface area contributed by atoms with Crippen molar-refractivity contribution < 1.29 is 18.1 Å². The molecule has 0 radical (unpaired) electrons. The molecule has 0 aliphatic heterocycles. The highest BCUT2D eigenvalue weighted by atomic mass is 19.4. The quantitative estimate of drug-likeness (QED) is 0.613. The monoisotopic (exact) mass is 257 g/mol. The summed E-state index contributed by atoms with van der Waals surface area (Å²) >= 11 is 0. The summed E-state index contributed by atoms with van der Waals surface area (Å²) in [7, 11) is 0. The summed E-state index contributed by atoms with van der Waals surface area (Å²) in [4.78, 5) is 9.77. The second-order valence-electron chi connectivity index (χ2n) is 3.45. The van der Waals surface area contributed by atoms with Crippen LogP contribution in [0.15, 0.2) is 36.7 Å². The van der Waals surface area contributed by atoms with Crippen molar-refractivity contribution in [1.29, 1.82) is 0 Å². The Balaban J connectivity index is 2.41. The van der Waals surface area contributed by atoms with Crippen LogP contribution in [0.4, 0.5) is 18.9 Å². The maximum absolute atomic E-state index is 12.5. The molecule has 94 valence electrons. The van der Waals surface area contributed by atoms with Crippen molar-refractivity contribution in [2.24, 2.45) is 0 Å². The van der Waals surface area contributed by atoms with Crippen molar-refractivity contribution in [3.05, 3.63) is 52.3 Å². The molecule has 0 aliphatic rings. The molecule has 1 aromatic heterocycles. The van der Waals surface area contributed by atoms with Gasteiger partial charge in [0, 0.05) is 0 Å². The highest BCUT2D eigenvalue weighted by Crippen LogP contribution is 2.30. The van der Waals surface area contributed by atoms with Gasteiger partial charge in [0.1, 0.15) is 12.4 Å². The Labute approximate surface area is 98.6 Å². The lowest BCUT2D eigenvalue weighted by molar-refractivity contribution is -0.384. The standard InChI is InChI=1S/C10H6F3N3O2/c11-10(12,13)7-2-1-3-8(4-7)15-6-9(5-14-15)16(17)18/h1-6H. The van der Waals surface area contributed by atoms with E-state index in [2.05, 4.69) is 5.10 Å². The van der Waals surface area contributed by atoms with Crippen LogP contribution < -0.4 is 0 Å². The largest absolute Gasteiger partial charge is 0.416 e. The maximum atomic E-state index is 12.5. The fraction of sp³-hybridized carbons (Fsp3) is 0.100. The summed E-state index contributed by atoms with van der Waals surface area (Å²) in [6, 6.07) is 4.38. The molecule has 0 aliphatic carbocycles. The van der Waals surface area contributed by atoms with Crippen LogP contribution in [0.25, 0.3) is 5.69 Å². The molecule has 2 rings (SSSR count). The van der Waals surface area contributed by atoms with E-state index in [9.17, 15) is 23.3 Å². The van der Waals surface area contributed by atoms with E-state index < -0.39 is 16.7 Å². The Hall–Kier alpha value is -2.38. The summed E-state index contributed by atoms with van der Waals surface area (Å²) < 4.78 is 38.5. The summed E-state index contributed by atoms with van der Waals surface area (Å²) in [6.45, 7) is 0. The van der Waals surface area contributed by atoms with E-state index in [4.69, 9.17) is 0 Å². The van der Waals surface area contributed by atoms with Gasteiger partial charge in [0.15, 0.2) is 0 Å². The van der Waals surface area contributed by atoms with Gasteiger partial charge in [0.05, 0.1) is 16.2 Å².